The average Bonchev–Trinajstić information content (AvgIpc) is 3.28. The van der Waals surface area contributed by atoms with Crippen molar-refractivity contribution < 1.29 is 14.3 Å². The molecule has 1 fully saturated rings. The molecule has 2 aromatic rings. The summed E-state index contributed by atoms with van der Waals surface area (Å²) in [6.07, 6.45) is 1.41. The molecule has 0 aromatic heterocycles. The van der Waals surface area contributed by atoms with Crippen molar-refractivity contribution in [2.45, 2.75) is 25.7 Å². The lowest BCUT2D eigenvalue weighted by molar-refractivity contribution is -0.137. The zero-order valence-electron chi connectivity index (χ0n) is 17.9. The van der Waals surface area contributed by atoms with E-state index >= 15 is 0 Å². The van der Waals surface area contributed by atoms with Crippen LogP contribution in [0.5, 0.6) is 0 Å². The maximum absolute atomic E-state index is 13.6. The van der Waals surface area contributed by atoms with Crippen molar-refractivity contribution in [2.24, 2.45) is 4.99 Å². The first-order chi connectivity index (χ1) is 15.0. The number of ether oxygens (including phenoxy) is 1. The lowest BCUT2D eigenvalue weighted by Gasteiger charge is -2.40. The van der Waals surface area contributed by atoms with Gasteiger partial charge in [-0.25, -0.2) is 9.79 Å². The number of nitrogens with zero attached hydrogens (tertiary/aromatic N) is 5. The predicted molar refractivity (Wildman–Crippen MR) is 117 cm³/mol. The van der Waals surface area contributed by atoms with E-state index in [1.807, 2.05) is 65.4 Å². The highest BCUT2D eigenvalue weighted by molar-refractivity contribution is 6.05. The zero-order chi connectivity index (χ0) is 21.7. The standard InChI is InChI=1S/C23H25N5O3/c1-15-13-27-19-20(24-22(27)26(15)11-12-31-3)25(2)23(30)28(21(19)29)14-17-9-6-8-16-7-4-5-10-18(16)17/h4-10,13,19-20H,11-12,14H2,1-3H3. The monoisotopic (exact) mass is 419 g/mol. The quantitative estimate of drug-likeness (QED) is 0.745. The van der Waals surface area contributed by atoms with E-state index in [0.29, 0.717) is 19.1 Å². The van der Waals surface area contributed by atoms with E-state index in [4.69, 9.17) is 9.73 Å². The van der Waals surface area contributed by atoms with Crippen LogP contribution < -0.4 is 0 Å². The molecule has 8 nitrogen and oxygen atoms in total. The molecule has 3 amide bonds. The molecular formula is C23H25N5O3. The molecule has 5 rings (SSSR count). The van der Waals surface area contributed by atoms with Gasteiger partial charge in [0.25, 0.3) is 5.91 Å². The number of likely N-dealkylation sites (N-methyl/N-ethyl adjacent to an activating group) is 1. The van der Waals surface area contributed by atoms with Gasteiger partial charge < -0.3 is 19.4 Å². The van der Waals surface area contributed by atoms with Gasteiger partial charge in [-0.15, -0.1) is 0 Å². The summed E-state index contributed by atoms with van der Waals surface area (Å²) in [5.74, 6) is 0.474. The SMILES string of the molecule is COCCN1C(C)=CN2C1=NC1C2C(=O)N(Cc2cccc3ccccc23)C(=O)N1C. The molecule has 0 N–H and O–H groups in total. The van der Waals surface area contributed by atoms with E-state index in [1.54, 1.807) is 19.1 Å². The van der Waals surface area contributed by atoms with Gasteiger partial charge in [0.15, 0.2) is 12.2 Å². The average molecular weight is 419 g/mol. The second-order valence-electron chi connectivity index (χ2n) is 8.07. The molecule has 0 aliphatic carbocycles. The fraction of sp³-hybridized carbons (Fsp3) is 0.348. The minimum Gasteiger partial charge on any atom is -0.383 e. The maximum atomic E-state index is 13.6. The minimum atomic E-state index is -0.560. The largest absolute Gasteiger partial charge is 0.383 e. The number of methoxy groups -OCH3 is 1. The predicted octanol–water partition coefficient (Wildman–Crippen LogP) is 2.42. The van der Waals surface area contributed by atoms with Crippen molar-refractivity contribution in [3.63, 3.8) is 0 Å². The number of urea groups is 1. The molecule has 0 bridgehead atoms. The molecule has 2 atom stereocenters. The van der Waals surface area contributed by atoms with Crippen LogP contribution >= 0.6 is 0 Å². The lowest BCUT2D eigenvalue weighted by Crippen LogP contribution is -2.63. The minimum absolute atomic E-state index is 0.225. The molecule has 3 aliphatic heterocycles. The molecule has 2 aromatic carbocycles. The molecule has 3 heterocycles. The first kappa shape index (κ1) is 19.6. The third-order valence-corrected chi connectivity index (χ3v) is 6.23. The van der Waals surface area contributed by atoms with Crippen LogP contribution in [0.1, 0.15) is 12.5 Å². The van der Waals surface area contributed by atoms with Gasteiger partial charge in [0.1, 0.15) is 0 Å². The Bertz CT molecular complexity index is 1120. The maximum Gasteiger partial charge on any atom is 0.328 e. The summed E-state index contributed by atoms with van der Waals surface area (Å²) >= 11 is 0. The number of allylic oxidation sites excluding steroid dienone is 1. The van der Waals surface area contributed by atoms with Crippen LogP contribution in [0.4, 0.5) is 4.79 Å². The van der Waals surface area contributed by atoms with Gasteiger partial charge in [-0.1, -0.05) is 42.5 Å². The fourth-order valence-corrected chi connectivity index (χ4v) is 4.61. The highest BCUT2D eigenvalue weighted by atomic mass is 16.5. The van der Waals surface area contributed by atoms with Gasteiger partial charge in [0.2, 0.25) is 5.96 Å². The molecule has 0 spiro atoms. The molecule has 1 saturated heterocycles. The first-order valence-corrected chi connectivity index (χ1v) is 10.4. The Balaban J connectivity index is 1.46. The summed E-state index contributed by atoms with van der Waals surface area (Å²) in [4.78, 5) is 38.3. The van der Waals surface area contributed by atoms with E-state index in [2.05, 4.69) is 0 Å². The number of hydrogen-bond acceptors (Lipinski definition) is 6. The van der Waals surface area contributed by atoms with Crippen LogP contribution in [0, 0.1) is 0 Å². The second-order valence-corrected chi connectivity index (χ2v) is 8.07. The zero-order valence-corrected chi connectivity index (χ0v) is 17.9. The number of amides is 3. The number of guanidine groups is 1. The first-order valence-electron chi connectivity index (χ1n) is 10.4. The normalized spacial score (nSPS) is 22.8. The Kier molecular flexibility index (Phi) is 4.66. The van der Waals surface area contributed by atoms with E-state index in [-0.39, 0.29) is 18.5 Å². The molecule has 8 heteroatoms. The molecule has 160 valence electrons. The molecule has 0 saturated carbocycles. The van der Waals surface area contributed by atoms with Crippen LogP contribution in [0.15, 0.2) is 59.4 Å². The van der Waals surface area contributed by atoms with Gasteiger partial charge in [0, 0.05) is 32.6 Å². The lowest BCUT2D eigenvalue weighted by atomic mass is 10.0. The van der Waals surface area contributed by atoms with Gasteiger partial charge in [-0.2, -0.15) is 0 Å². The number of carbonyl (C=O) groups is 2. The van der Waals surface area contributed by atoms with Crippen molar-refractivity contribution in [3.05, 3.63) is 59.9 Å². The second kappa shape index (κ2) is 7.39. The van der Waals surface area contributed by atoms with E-state index in [1.165, 1.54) is 4.90 Å². The van der Waals surface area contributed by atoms with Gasteiger partial charge in [-0.3, -0.25) is 9.69 Å². The number of aliphatic imine (C=N–C) groups is 1. The van der Waals surface area contributed by atoms with Crippen LogP contribution in [-0.2, 0) is 16.1 Å². The van der Waals surface area contributed by atoms with Gasteiger partial charge in [-0.05, 0) is 23.3 Å². The van der Waals surface area contributed by atoms with Crippen LogP contribution in [0.2, 0.25) is 0 Å². The van der Waals surface area contributed by atoms with Crippen molar-refractivity contribution in [1.29, 1.82) is 0 Å². The smallest absolute Gasteiger partial charge is 0.328 e. The number of rotatable bonds is 5. The number of carbonyl (C=O) groups excluding carboxylic acids is 2. The van der Waals surface area contributed by atoms with Crippen molar-refractivity contribution in [2.75, 3.05) is 27.3 Å². The summed E-state index contributed by atoms with van der Waals surface area (Å²) < 4.78 is 5.22. The Labute approximate surface area is 181 Å². The Hall–Kier alpha value is -3.39. The van der Waals surface area contributed by atoms with Crippen LogP contribution in [-0.4, -0.2) is 77.0 Å². The molecule has 2 unspecified atom stereocenters. The summed E-state index contributed by atoms with van der Waals surface area (Å²) in [6.45, 7) is 3.40. The van der Waals surface area contributed by atoms with Crippen LogP contribution in [0.25, 0.3) is 10.8 Å². The molecule has 3 aliphatic rings. The highest BCUT2D eigenvalue weighted by Crippen LogP contribution is 2.34. The third-order valence-electron chi connectivity index (χ3n) is 6.23. The Morgan fingerprint density at radius 2 is 1.84 bits per heavy atom. The van der Waals surface area contributed by atoms with E-state index in [9.17, 15) is 9.59 Å². The molecular weight excluding hydrogens is 394 g/mol. The van der Waals surface area contributed by atoms with Gasteiger partial charge in [0.05, 0.1) is 13.2 Å². The van der Waals surface area contributed by atoms with Crippen LogP contribution in [0.3, 0.4) is 0 Å². The number of hydrogen-bond donors (Lipinski definition) is 0. The van der Waals surface area contributed by atoms with E-state index in [0.717, 1.165) is 22.0 Å². The topological polar surface area (TPSA) is 68.7 Å². The summed E-state index contributed by atoms with van der Waals surface area (Å²) in [5, 5.41) is 2.13. The Morgan fingerprint density at radius 1 is 1.06 bits per heavy atom. The Morgan fingerprint density at radius 3 is 2.65 bits per heavy atom. The van der Waals surface area contributed by atoms with Crippen molar-refractivity contribution in [3.8, 4) is 0 Å². The highest BCUT2D eigenvalue weighted by Gasteiger charge is 2.54. The third kappa shape index (κ3) is 2.97. The van der Waals surface area contributed by atoms with Crippen molar-refractivity contribution >= 4 is 28.7 Å². The number of imide groups is 1. The van der Waals surface area contributed by atoms with Crippen molar-refractivity contribution in [1.82, 2.24) is 19.6 Å². The summed E-state index contributed by atoms with van der Waals surface area (Å²) in [5.41, 5.74) is 1.95. The molecule has 31 heavy (non-hydrogen) atoms. The fourth-order valence-electron chi connectivity index (χ4n) is 4.61. The summed E-state index contributed by atoms with van der Waals surface area (Å²) in [6, 6.07) is 13.1. The van der Waals surface area contributed by atoms with E-state index < -0.39 is 12.2 Å². The molecule has 0 radical (unpaired) electrons. The van der Waals surface area contributed by atoms with Gasteiger partial charge >= 0.3 is 6.03 Å². The number of fused-ring (bicyclic) bond motifs is 4. The summed E-state index contributed by atoms with van der Waals surface area (Å²) in [7, 11) is 3.37. The number of benzene rings is 2.